The van der Waals surface area contributed by atoms with Crippen LogP contribution in [0.4, 0.5) is 14.6 Å². The molecule has 0 saturated carbocycles. The smallest absolute Gasteiger partial charge is 0.355 e. The maximum atomic E-state index is 15.7. The number of anilines is 1. The number of aryl methyl sites for hydroxylation is 1. The first kappa shape index (κ1) is 25.8. The first-order chi connectivity index (χ1) is 18.1. The highest BCUT2D eigenvalue weighted by atomic mass is 19.1. The first-order valence-electron chi connectivity index (χ1n) is 12.9. The van der Waals surface area contributed by atoms with Crippen molar-refractivity contribution in [3.8, 4) is 22.7 Å². The summed E-state index contributed by atoms with van der Waals surface area (Å²) >= 11 is 0. The van der Waals surface area contributed by atoms with Crippen LogP contribution in [0.2, 0.25) is 0 Å². The summed E-state index contributed by atoms with van der Waals surface area (Å²) in [4.78, 5) is 29.4. The minimum atomic E-state index is -0.823. The van der Waals surface area contributed by atoms with Crippen LogP contribution in [0.5, 0.6) is 5.75 Å². The Bertz CT molecular complexity index is 1580. The van der Waals surface area contributed by atoms with Gasteiger partial charge in [0.25, 0.3) is 0 Å². The van der Waals surface area contributed by atoms with E-state index in [0.29, 0.717) is 35.0 Å². The predicted molar refractivity (Wildman–Crippen MR) is 144 cm³/mol. The Morgan fingerprint density at radius 3 is 2.55 bits per heavy atom. The van der Waals surface area contributed by atoms with Gasteiger partial charge in [0, 0.05) is 18.8 Å². The SMILES string of the molecule is Cc1ccnc(C(C)C)c1-n1c(=O)nc(N2C[C@@H](C)CC[C@@H]2C)c2cc(F)c(-c3c(O)cccc3F)nc21. The van der Waals surface area contributed by atoms with Gasteiger partial charge in [-0.3, -0.25) is 4.98 Å². The van der Waals surface area contributed by atoms with E-state index >= 15 is 4.39 Å². The molecule has 4 heterocycles. The van der Waals surface area contributed by atoms with Crippen molar-refractivity contribution in [2.24, 2.45) is 5.92 Å². The lowest BCUT2D eigenvalue weighted by molar-refractivity contribution is 0.388. The molecule has 1 aromatic carbocycles. The minimum Gasteiger partial charge on any atom is -0.507 e. The summed E-state index contributed by atoms with van der Waals surface area (Å²) in [6, 6.07) is 6.85. The third-order valence-corrected chi connectivity index (χ3v) is 7.34. The van der Waals surface area contributed by atoms with Gasteiger partial charge in [0.15, 0.2) is 11.5 Å². The van der Waals surface area contributed by atoms with E-state index in [9.17, 15) is 14.3 Å². The highest BCUT2D eigenvalue weighted by Gasteiger charge is 2.30. The monoisotopic (exact) mass is 519 g/mol. The van der Waals surface area contributed by atoms with Crippen molar-refractivity contribution in [3.05, 3.63) is 69.9 Å². The number of halogens is 2. The van der Waals surface area contributed by atoms with E-state index in [1.165, 1.54) is 22.8 Å². The van der Waals surface area contributed by atoms with Crippen LogP contribution in [0.25, 0.3) is 28.0 Å². The largest absolute Gasteiger partial charge is 0.507 e. The lowest BCUT2D eigenvalue weighted by Gasteiger charge is -2.38. The fraction of sp³-hybridized carbons (Fsp3) is 0.379. The number of benzene rings is 1. The zero-order valence-electron chi connectivity index (χ0n) is 22.2. The van der Waals surface area contributed by atoms with Crippen molar-refractivity contribution >= 4 is 16.9 Å². The Labute approximate surface area is 219 Å². The van der Waals surface area contributed by atoms with Crippen LogP contribution in [0.3, 0.4) is 0 Å². The quantitative estimate of drug-likeness (QED) is 0.362. The van der Waals surface area contributed by atoms with Gasteiger partial charge >= 0.3 is 5.69 Å². The minimum absolute atomic E-state index is 0.0370. The van der Waals surface area contributed by atoms with E-state index in [4.69, 9.17) is 0 Å². The third kappa shape index (κ3) is 4.29. The number of phenolic OH excluding ortho intramolecular Hbond substituents is 1. The molecule has 1 N–H and O–H groups in total. The molecular weight excluding hydrogens is 488 g/mol. The molecule has 3 aromatic heterocycles. The molecule has 0 spiro atoms. The van der Waals surface area contributed by atoms with E-state index in [1.807, 2.05) is 25.7 Å². The molecular formula is C29H31F2N5O2. The number of rotatable bonds is 4. The molecule has 198 valence electrons. The van der Waals surface area contributed by atoms with Crippen molar-refractivity contribution in [1.82, 2.24) is 19.5 Å². The first-order valence-corrected chi connectivity index (χ1v) is 12.9. The number of nitrogens with zero attached hydrogens (tertiary/aromatic N) is 5. The van der Waals surface area contributed by atoms with Gasteiger partial charge in [-0.2, -0.15) is 4.98 Å². The zero-order valence-corrected chi connectivity index (χ0v) is 22.2. The van der Waals surface area contributed by atoms with Gasteiger partial charge in [-0.05, 0) is 68.4 Å². The van der Waals surface area contributed by atoms with Crippen LogP contribution >= 0.6 is 0 Å². The molecule has 9 heteroatoms. The Kier molecular flexibility index (Phi) is 6.63. The molecule has 0 aliphatic carbocycles. The normalized spacial score (nSPS) is 17.9. The van der Waals surface area contributed by atoms with Crippen LogP contribution in [0.15, 0.2) is 41.3 Å². The molecule has 4 aromatic rings. The highest BCUT2D eigenvalue weighted by Crippen LogP contribution is 2.37. The average Bonchev–Trinajstić information content (AvgIpc) is 2.86. The van der Waals surface area contributed by atoms with Gasteiger partial charge in [-0.25, -0.2) is 23.1 Å². The molecule has 0 bridgehead atoms. The fourth-order valence-electron chi connectivity index (χ4n) is 5.32. The molecule has 5 rings (SSSR count). The molecule has 0 amide bonds. The molecule has 7 nitrogen and oxygen atoms in total. The third-order valence-electron chi connectivity index (χ3n) is 7.34. The van der Waals surface area contributed by atoms with Gasteiger partial charge in [-0.1, -0.05) is 26.8 Å². The molecule has 0 unspecified atom stereocenters. The van der Waals surface area contributed by atoms with Gasteiger partial charge in [0.1, 0.15) is 23.1 Å². The Morgan fingerprint density at radius 2 is 1.84 bits per heavy atom. The lowest BCUT2D eigenvalue weighted by atomic mass is 9.95. The number of hydrogen-bond donors (Lipinski definition) is 1. The zero-order chi connectivity index (χ0) is 27.3. The second-order valence-corrected chi connectivity index (χ2v) is 10.6. The number of aromatic hydroxyl groups is 1. The van der Waals surface area contributed by atoms with E-state index < -0.39 is 23.1 Å². The summed E-state index contributed by atoms with van der Waals surface area (Å²) in [5, 5.41) is 10.8. The maximum absolute atomic E-state index is 15.7. The van der Waals surface area contributed by atoms with E-state index in [0.717, 1.165) is 24.5 Å². The summed E-state index contributed by atoms with van der Waals surface area (Å²) in [5.41, 5.74) is 0.732. The highest BCUT2D eigenvalue weighted by molar-refractivity contribution is 5.91. The van der Waals surface area contributed by atoms with E-state index in [1.54, 1.807) is 12.3 Å². The van der Waals surface area contributed by atoms with Crippen molar-refractivity contribution in [1.29, 1.82) is 0 Å². The number of phenols is 1. The summed E-state index contributed by atoms with van der Waals surface area (Å²) in [6.45, 7) is 10.6. The number of fused-ring (bicyclic) bond motifs is 1. The van der Waals surface area contributed by atoms with E-state index in [-0.39, 0.29) is 28.9 Å². The van der Waals surface area contributed by atoms with Crippen LogP contribution in [0, 0.1) is 24.5 Å². The molecule has 1 fully saturated rings. The molecule has 1 aliphatic heterocycles. The van der Waals surface area contributed by atoms with Crippen molar-refractivity contribution in [3.63, 3.8) is 0 Å². The second-order valence-electron chi connectivity index (χ2n) is 10.6. The summed E-state index contributed by atoms with van der Waals surface area (Å²) < 4.78 is 31.9. The number of pyridine rings is 2. The molecule has 38 heavy (non-hydrogen) atoms. The predicted octanol–water partition coefficient (Wildman–Crippen LogP) is 5.88. The number of aromatic nitrogens is 4. The molecule has 2 atom stereocenters. The topological polar surface area (TPSA) is 84.1 Å². The van der Waals surface area contributed by atoms with Crippen LogP contribution in [-0.4, -0.2) is 37.2 Å². The summed E-state index contributed by atoms with van der Waals surface area (Å²) in [7, 11) is 0. The standard InChI is InChI=1S/C29H31F2N5O2/c1-15(2)24-26(17(4)11-12-32-24)36-28-19(27(34-29(36)38)35-14-16(3)9-10-18(35)5)13-21(31)25(33-28)23-20(30)7-6-8-22(23)37/h6-8,11-13,15-16,18,37H,9-10,14H2,1-5H3/t16-,18-/m0/s1. The Morgan fingerprint density at radius 1 is 1.08 bits per heavy atom. The number of hydrogen-bond acceptors (Lipinski definition) is 6. The molecule has 1 aliphatic rings. The van der Waals surface area contributed by atoms with Crippen LogP contribution in [0.1, 0.15) is 57.7 Å². The van der Waals surface area contributed by atoms with Gasteiger partial charge in [0.05, 0.1) is 22.3 Å². The molecule has 1 saturated heterocycles. The van der Waals surface area contributed by atoms with Gasteiger partial charge < -0.3 is 10.0 Å². The summed E-state index contributed by atoms with van der Waals surface area (Å²) in [5.74, 6) is -1.41. The van der Waals surface area contributed by atoms with E-state index in [2.05, 4.69) is 28.8 Å². The Balaban J connectivity index is 1.92. The van der Waals surface area contributed by atoms with Gasteiger partial charge in [-0.15, -0.1) is 0 Å². The fourth-order valence-corrected chi connectivity index (χ4v) is 5.32. The average molecular weight is 520 g/mol. The molecule has 0 radical (unpaired) electrons. The van der Waals surface area contributed by atoms with Gasteiger partial charge in [0.2, 0.25) is 0 Å². The Hall–Kier alpha value is -3.88. The second kappa shape index (κ2) is 9.78. The van der Waals surface area contributed by atoms with Crippen molar-refractivity contribution < 1.29 is 13.9 Å². The van der Waals surface area contributed by atoms with Crippen molar-refractivity contribution in [2.45, 2.75) is 59.4 Å². The maximum Gasteiger partial charge on any atom is 0.355 e. The van der Waals surface area contributed by atoms with Crippen LogP contribution in [-0.2, 0) is 0 Å². The number of piperidine rings is 1. The van der Waals surface area contributed by atoms with Crippen LogP contribution < -0.4 is 10.6 Å². The lowest BCUT2D eigenvalue weighted by Crippen LogP contribution is -2.43. The summed E-state index contributed by atoms with van der Waals surface area (Å²) in [6.07, 6.45) is 3.63. The van der Waals surface area contributed by atoms with Crippen molar-refractivity contribution in [2.75, 3.05) is 11.4 Å².